The average Bonchev–Trinajstić information content (AvgIpc) is 3.21. The number of aromatic nitrogens is 4. The first-order valence-corrected chi connectivity index (χ1v) is 8.17. The van der Waals surface area contributed by atoms with Gasteiger partial charge in [-0.05, 0) is 38.8 Å². The fourth-order valence-corrected chi connectivity index (χ4v) is 2.56. The van der Waals surface area contributed by atoms with Gasteiger partial charge in [-0.2, -0.15) is 10.1 Å². The topological polar surface area (TPSA) is 68.8 Å². The third-order valence-electron chi connectivity index (χ3n) is 4.30. The van der Waals surface area contributed by atoms with E-state index in [4.69, 9.17) is 4.52 Å². The third kappa shape index (κ3) is 3.54. The molecule has 0 aliphatic rings. The van der Waals surface area contributed by atoms with E-state index in [1.165, 1.54) is 0 Å². The van der Waals surface area contributed by atoms with Crippen LogP contribution in [0.5, 0.6) is 0 Å². The van der Waals surface area contributed by atoms with Crippen LogP contribution in [0, 0.1) is 13.8 Å². The van der Waals surface area contributed by atoms with Crippen LogP contribution in [0.2, 0.25) is 0 Å². The van der Waals surface area contributed by atoms with Crippen molar-refractivity contribution in [1.29, 1.82) is 0 Å². The summed E-state index contributed by atoms with van der Waals surface area (Å²) in [6.07, 6.45) is 3.92. The Balaban J connectivity index is 1.62. The fraction of sp³-hybridized carbons (Fsp3) is 0.389. The second-order valence-electron chi connectivity index (χ2n) is 6.23. The molecule has 0 bridgehead atoms. The van der Waals surface area contributed by atoms with E-state index in [-0.39, 0.29) is 12.1 Å². The van der Waals surface area contributed by atoms with E-state index in [1.54, 1.807) is 0 Å². The van der Waals surface area contributed by atoms with Crippen molar-refractivity contribution in [3.63, 3.8) is 0 Å². The molecule has 6 heteroatoms. The predicted molar refractivity (Wildman–Crippen MR) is 92.4 cm³/mol. The molecule has 0 saturated heterocycles. The zero-order chi connectivity index (χ0) is 17.1. The molecule has 0 fully saturated rings. The zero-order valence-corrected chi connectivity index (χ0v) is 14.5. The lowest BCUT2D eigenvalue weighted by atomic mass is 10.1. The van der Waals surface area contributed by atoms with Crippen molar-refractivity contribution in [2.45, 2.75) is 46.3 Å². The molecule has 0 radical (unpaired) electrons. The lowest BCUT2D eigenvalue weighted by molar-refractivity contribution is 0.325. The summed E-state index contributed by atoms with van der Waals surface area (Å²) in [4.78, 5) is 4.49. The van der Waals surface area contributed by atoms with Gasteiger partial charge in [-0.15, -0.1) is 0 Å². The van der Waals surface area contributed by atoms with Crippen LogP contribution in [0.4, 0.5) is 0 Å². The second-order valence-corrected chi connectivity index (χ2v) is 6.23. The van der Waals surface area contributed by atoms with Gasteiger partial charge in [0.25, 0.3) is 0 Å². The SMILES string of the molecule is Cc1cnn(C(C)C(C)NCc2nc(-c3ccccc3C)no2)c1. The van der Waals surface area contributed by atoms with Crippen LogP contribution >= 0.6 is 0 Å². The Bertz CT molecular complexity index is 807. The molecule has 0 spiro atoms. The van der Waals surface area contributed by atoms with Crippen LogP contribution in [0.3, 0.4) is 0 Å². The van der Waals surface area contributed by atoms with Gasteiger partial charge in [0.05, 0.1) is 18.8 Å². The smallest absolute Gasteiger partial charge is 0.240 e. The van der Waals surface area contributed by atoms with Crippen LogP contribution in [0.1, 0.15) is 36.9 Å². The Morgan fingerprint density at radius 2 is 2.00 bits per heavy atom. The molecule has 0 saturated carbocycles. The number of nitrogens with zero attached hydrogens (tertiary/aromatic N) is 4. The van der Waals surface area contributed by atoms with Gasteiger partial charge < -0.3 is 9.84 Å². The molecule has 24 heavy (non-hydrogen) atoms. The van der Waals surface area contributed by atoms with Crippen molar-refractivity contribution in [2.24, 2.45) is 0 Å². The number of aryl methyl sites for hydroxylation is 2. The van der Waals surface area contributed by atoms with Gasteiger partial charge in [-0.25, -0.2) is 0 Å². The molecular formula is C18H23N5O. The molecule has 2 heterocycles. The minimum atomic E-state index is 0.220. The molecule has 3 aromatic rings. The molecular weight excluding hydrogens is 302 g/mol. The van der Waals surface area contributed by atoms with E-state index in [1.807, 2.05) is 55.2 Å². The van der Waals surface area contributed by atoms with Crippen molar-refractivity contribution in [1.82, 2.24) is 25.2 Å². The Kier molecular flexibility index (Phi) is 4.76. The van der Waals surface area contributed by atoms with Crippen molar-refractivity contribution in [3.05, 3.63) is 53.7 Å². The van der Waals surface area contributed by atoms with E-state index in [2.05, 4.69) is 34.4 Å². The van der Waals surface area contributed by atoms with E-state index < -0.39 is 0 Å². The maximum atomic E-state index is 5.37. The second kappa shape index (κ2) is 6.97. The summed E-state index contributed by atoms with van der Waals surface area (Å²) in [6.45, 7) is 8.88. The Morgan fingerprint density at radius 1 is 1.21 bits per heavy atom. The van der Waals surface area contributed by atoms with Crippen LogP contribution in [-0.2, 0) is 6.54 Å². The van der Waals surface area contributed by atoms with E-state index >= 15 is 0 Å². The number of benzene rings is 1. The lowest BCUT2D eigenvalue weighted by Crippen LogP contribution is -2.33. The van der Waals surface area contributed by atoms with Crippen molar-refractivity contribution < 1.29 is 4.52 Å². The zero-order valence-electron chi connectivity index (χ0n) is 14.5. The molecule has 2 atom stereocenters. The molecule has 0 aliphatic carbocycles. The number of hydrogen-bond acceptors (Lipinski definition) is 5. The summed E-state index contributed by atoms with van der Waals surface area (Å²) in [5, 5.41) is 11.9. The van der Waals surface area contributed by atoms with E-state index in [0.717, 1.165) is 16.7 Å². The normalized spacial score (nSPS) is 13.8. The highest BCUT2D eigenvalue weighted by atomic mass is 16.5. The van der Waals surface area contributed by atoms with Gasteiger partial charge in [-0.1, -0.05) is 29.4 Å². The molecule has 1 aromatic carbocycles. The highest BCUT2D eigenvalue weighted by molar-refractivity contribution is 5.58. The van der Waals surface area contributed by atoms with Crippen molar-refractivity contribution in [3.8, 4) is 11.4 Å². The lowest BCUT2D eigenvalue weighted by Gasteiger charge is -2.20. The van der Waals surface area contributed by atoms with Gasteiger partial charge in [0.15, 0.2) is 0 Å². The van der Waals surface area contributed by atoms with Gasteiger partial charge in [-0.3, -0.25) is 4.68 Å². The minimum absolute atomic E-state index is 0.220. The largest absolute Gasteiger partial charge is 0.338 e. The Hall–Kier alpha value is -2.47. The van der Waals surface area contributed by atoms with Crippen molar-refractivity contribution >= 4 is 0 Å². The molecule has 0 aliphatic heterocycles. The monoisotopic (exact) mass is 325 g/mol. The number of rotatable bonds is 6. The van der Waals surface area contributed by atoms with Gasteiger partial charge in [0.2, 0.25) is 11.7 Å². The third-order valence-corrected chi connectivity index (χ3v) is 4.30. The van der Waals surface area contributed by atoms with E-state index in [0.29, 0.717) is 18.3 Å². The van der Waals surface area contributed by atoms with Gasteiger partial charge in [0, 0.05) is 17.8 Å². The first-order chi connectivity index (χ1) is 11.5. The maximum Gasteiger partial charge on any atom is 0.240 e. The van der Waals surface area contributed by atoms with Crippen molar-refractivity contribution in [2.75, 3.05) is 0 Å². The first-order valence-electron chi connectivity index (χ1n) is 8.17. The summed E-state index contributed by atoms with van der Waals surface area (Å²) in [6, 6.07) is 8.48. The Labute approximate surface area is 141 Å². The minimum Gasteiger partial charge on any atom is -0.338 e. The summed E-state index contributed by atoms with van der Waals surface area (Å²) >= 11 is 0. The number of nitrogens with one attached hydrogen (secondary N) is 1. The van der Waals surface area contributed by atoms with Gasteiger partial charge in [0.1, 0.15) is 0 Å². The molecule has 6 nitrogen and oxygen atoms in total. The molecule has 3 rings (SSSR count). The molecule has 126 valence electrons. The van der Waals surface area contributed by atoms with Crippen LogP contribution < -0.4 is 5.32 Å². The summed E-state index contributed by atoms with van der Waals surface area (Å²) in [5.74, 6) is 1.22. The van der Waals surface area contributed by atoms with E-state index in [9.17, 15) is 0 Å². The Morgan fingerprint density at radius 3 is 2.71 bits per heavy atom. The average molecular weight is 325 g/mol. The number of hydrogen-bond donors (Lipinski definition) is 1. The highest BCUT2D eigenvalue weighted by Gasteiger charge is 2.16. The van der Waals surface area contributed by atoms with Crippen LogP contribution in [0.15, 0.2) is 41.2 Å². The summed E-state index contributed by atoms with van der Waals surface area (Å²) in [5.41, 5.74) is 3.30. The molecule has 2 unspecified atom stereocenters. The molecule has 0 amide bonds. The van der Waals surface area contributed by atoms with Gasteiger partial charge >= 0.3 is 0 Å². The highest BCUT2D eigenvalue weighted by Crippen LogP contribution is 2.20. The van der Waals surface area contributed by atoms with Crippen LogP contribution in [-0.4, -0.2) is 26.0 Å². The fourth-order valence-electron chi connectivity index (χ4n) is 2.56. The standard InChI is InChI=1S/C18H23N5O/c1-12-9-20-23(11-12)15(4)14(3)19-10-17-21-18(22-24-17)16-8-6-5-7-13(16)2/h5-9,11,14-15,19H,10H2,1-4H3. The summed E-state index contributed by atoms with van der Waals surface area (Å²) in [7, 11) is 0. The van der Waals surface area contributed by atoms with Crippen LogP contribution in [0.25, 0.3) is 11.4 Å². The molecule has 1 N–H and O–H groups in total. The first kappa shape index (κ1) is 16.4. The summed E-state index contributed by atoms with van der Waals surface area (Å²) < 4.78 is 7.34. The predicted octanol–water partition coefficient (Wildman–Crippen LogP) is 3.29. The quantitative estimate of drug-likeness (QED) is 0.753. The molecule has 2 aromatic heterocycles. The maximum absolute atomic E-state index is 5.37.